The summed E-state index contributed by atoms with van der Waals surface area (Å²) < 4.78 is 0. The fourth-order valence-corrected chi connectivity index (χ4v) is 2.98. The summed E-state index contributed by atoms with van der Waals surface area (Å²) in [5.74, 6) is 0.868. The van der Waals surface area contributed by atoms with Gasteiger partial charge < -0.3 is 16.5 Å². The molecule has 6 nitrogen and oxygen atoms in total. The van der Waals surface area contributed by atoms with E-state index in [2.05, 4.69) is 9.97 Å². The average Bonchev–Trinajstić information content (AvgIpc) is 3.11. The monoisotopic (exact) mass is 354 g/mol. The summed E-state index contributed by atoms with van der Waals surface area (Å²) in [6.45, 7) is 0. The van der Waals surface area contributed by atoms with Crippen LogP contribution >= 0.6 is 0 Å². The first-order valence-corrected chi connectivity index (χ1v) is 8.41. The van der Waals surface area contributed by atoms with Crippen molar-refractivity contribution in [2.24, 2.45) is 11.5 Å². The Bertz CT molecular complexity index is 1150. The highest BCUT2D eigenvalue weighted by Crippen LogP contribution is 2.25. The minimum Gasteiger partial charge on any atom is -0.384 e. The summed E-state index contributed by atoms with van der Waals surface area (Å²) in [6.07, 6.45) is 0. The van der Waals surface area contributed by atoms with E-state index in [1.807, 2.05) is 60.7 Å². The first kappa shape index (κ1) is 16.5. The highest BCUT2D eigenvalue weighted by atomic mass is 14.9. The number of aromatic nitrogens is 2. The molecule has 1 aromatic heterocycles. The highest BCUT2D eigenvalue weighted by molar-refractivity contribution is 5.98. The van der Waals surface area contributed by atoms with Crippen molar-refractivity contribution in [2.45, 2.75) is 0 Å². The third-order valence-corrected chi connectivity index (χ3v) is 4.48. The second-order valence-electron chi connectivity index (χ2n) is 6.30. The molecule has 0 aliphatic rings. The molecule has 0 aliphatic heterocycles. The predicted octanol–water partition coefficient (Wildman–Crippen LogP) is 3.47. The van der Waals surface area contributed by atoms with Crippen LogP contribution in [0.3, 0.4) is 0 Å². The number of nitrogens with one attached hydrogen (secondary N) is 3. The lowest BCUT2D eigenvalue weighted by Crippen LogP contribution is -2.10. The molecule has 4 aromatic rings. The van der Waals surface area contributed by atoms with E-state index in [-0.39, 0.29) is 11.7 Å². The number of rotatable bonds is 4. The first-order valence-electron chi connectivity index (χ1n) is 8.41. The lowest BCUT2D eigenvalue weighted by molar-refractivity contribution is 1.34. The zero-order chi connectivity index (χ0) is 19.0. The number of nitrogens with two attached hydrogens (primary N) is 2. The fourth-order valence-electron chi connectivity index (χ4n) is 2.98. The second kappa shape index (κ2) is 6.42. The number of amidine groups is 2. The van der Waals surface area contributed by atoms with Gasteiger partial charge in [0.05, 0.1) is 11.0 Å². The van der Waals surface area contributed by atoms with Gasteiger partial charge in [0.2, 0.25) is 0 Å². The van der Waals surface area contributed by atoms with E-state index < -0.39 is 0 Å². The number of nitrogen functional groups attached to an aromatic ring is 2. The van der Waals surface area contributed by atoms with Gasteiger partial charge in [0.1, 0.15) is 17.5 Å². The molecule has 1 heterocycles. The van der Waals surface area contributed by atoms with Crippen molar-refractivity contribution in [3.8, 4) is 22.5 Å². The van der Waals surface area contributed by atoms with E-state index in [9.17, 15) is 0 Å². The highest BCUT2D eigenvalue weighted by Gasteiger charge is 2.08. The Morgan fingerprint density at radius 1 is 0.704 bits per heavy atom. The lowest BCUT2D eigenvalue weighted by Gasteiger charge is -2.04. The van der Waals surface area contributed by atoms with Crippen LogP contribution in [0, 0.1) is 10.8 Å². The van der Waals surface area contributed by atoms with Gasteiger partial charge in [0.15, 0.2) is 0 Å². The molecule has 3 aromatic carbocycles. The number of hydrogen-bond donors (Lipinski definition) is 5. The summed E-state index contributed by atoms with van der Waals surface area (Å²) in [4.78, 5) is 7.90. The molecule has 0 radical (unpaired) electrons. The van der Waals surface area contributed by atoms with Crippen LogP contribution in [0.1, 0.15) is 11.1 Å². The van der Waals surface area contributed by atoms with Gasteiger partial charge in [0.25, 0.3) is 0 Å². The minimum absolute atomic E-state index is 0.0354. The molecule has 0 bridgehead atoms. The number of benzene rings is 3. The van der Waals surface area contributed by atoms with Crippen LogP contribution in [-0.2, 0) is 0 Å². The van der Waals surface area contributed by atoms with Gasteiger partial charge in [-0.05, 0) is 29.3 Å². The molecule has 0 fully saturated rings. The molecule has 0 atom stereocenters. The molecule has 27 heavy (non-hydrogen) atoms. The summed E-state index contributed by atoms with van der Waals surface area (Å²) in [5, 5.41) is 15.0. The Kier molecular flexibility index (Phi) is 3.93. The van der Waals surface area contributed by atoms with Crippen LogP contribution in [0.5, 0.6) is 0 Å². The summed E-state index contributed by atoms with van der Waals surface area (Å²) >= 11 is 0. The lowest BCUT2D eigenvalue weighted by atomic mass is 10.0. The second-order valence-corrected chi connectivity index (χ2v) is 6.30. The van der Waals surface area contributed by atoms with Crippen LogP contribution in [-0.4, -0.2) is 21.6 Å². The molecule has 0 aliphatic carbocycles. The SMILES string of the molecule is N=C(N)c1ccc(-c2ccc(-c3nc4ccc(C(=N)N)cc4[nH]3)cc2)cc1. The van der Waals surface area contributed by atoms with Gasteiger partial charge in [-0.25, -0.2) is 4.98 Å². The maximum atomic E-state index is 7.55. The van der Waals surface area contributed by atoms with Crippen LogP contribution in [0.4, 0.5) is 0 Å². The number of nitrogens with zero attached hydrogens (tertiary/aromatic N) is 1. The van der Waals surface area contributed by atoms with Gasteiger partial charge >= 0.3 is 0 Å². The van der Waals surface area contributed by atoms with Crippen LogP contribution < -0.4 is 11.5 Å². The Hall–Kier alpha value is -3.93. The number of imidazole rings is 1. The summed E-state index contributed by atoms with van der Waals surface area (Å²) in [6, 6.07) is 21.2. The Morgan fingerprint density at radius 3 is 1.81 bits per heavy atom. The molecule has 4 rings (SSSR count). The Labute approximate surface area is 155 Å². The van der Waals surface area contributed by atoms with Gasteiger partial charge in [-0.1, -0.05) is 48.5 Å². The molecule has 0 unspecified atom stereocenters. The topological polar surface area (TPSA) is 128 Å². The van der Waals surface area contributed by atoms with E-state index in [4.69, 9.17) is 22.3 Å². The molecule has 0 saturated carbocycles. The molecular weight excluding hydrogens is 336 g/mol. The van der Waals surface area contributed by atoms with Gasteiger partial charge in [-0.2, -0.15) is 0 Å². The standard InChI is InChI=1S/C21H18N6/c22-19(23)14-5-1-12(2-6-14)13-3-7-15(8-4-13)21-26-17-10-9-16(20(24)25)11-18(17)27-21/h1-11H,(H3,22,23)(H3,24,25)(H,26,27). The van der Waals surface area contributed by atoms with Crippen molar-refractivity contribution < 1.29 is 0 Å². The Balaban J connectivity index is 1.64. The number of fused-ring (bicyclic) bond motifs is 1. The molecule has 6 heteroatoms. The number of hydrogen-bond acceptors (Lipinski definition) is 3. The van der Waals surface area contributed by atoms with Crippen LogP contribution in [0.25, 0.3) is 33.5 Å². The molecule has 7 N–H and O–H groups in total. The fraction of sp³-hybridized carbons (Fsp3) is 0. The van der Waals surface area contributed by atoms with Crippen molar-refractivity contribution in [1.29, 1.82) is 10.8 Å². The Morgan fingerprint density at radius 2 is 1.22 bits per heavy atom. The molecule has 0 spiro atoms. The number of H-pyrrole nitrogens is 1. The third-order valence-electron chi connectivity index (χ3n) is 4.48. The molecule has 0 saturated heterocycles. The van der Waals surface area contributed by atoms with Gasteiger partial charge in [0, 0.05) is 16.7 Å². The van der Waals surface area contributed by atoms with Gasteiger partial charge in [-0.3, -0.25) is 10.8 Å². The third kappa shape index (κ3) is 3.16. The van der Waals surface area contributed by atoms with E-state index in [1.54, 1.807) is 6.07 Å². The average molecular weight is 354 g/mol. The molecule has 0 amide bonds. The quantitative estimate of drug-likeness (QED) is 0.284. The van der Waals surface area contributed by atoms with Crippen molar-refractivity contribution in [3.63, 3.8) is 0 Å². The maximum absolute atomic E-state index is 7.55. The summed E-state index contributed by atoms with van der Waals surface area (Å²) in [5.41, 5.74) is 17.2. The van der Waals surface area contributed by atoms with E-state index in [0.29, 0.717) is 11.1 Å². The normalized spacial score (nSPS) is 10.8. The van der Waals surface area contributed by atoms with Crippen molar-refractivity contribution in [3.05, 3.63) is 77.9 Å². The van der Waals surface area contributed by atoms with Crippen LogP contribution in [0.2, 0.25) is 0 Å². The zero-order valence-corrected chi connectivity index (χ0v) is 14.5. The van der Waals surface area contributed by atoms with Crippen molar-refractivity contribution in [2.75, 3.05) is 0 Å². The van der Waals surface area contributed by atoms with Crippen molar-refractivity contribution >= 4 is 22.7 Å². The smallest absolute Gasteiger partial charge is 0.138 e. The van der Waals surface area contributed by atoms with Crippen LogP contribution in [0.15, 0.2) is 66.7 Å². The predicted molar refractivity (Wildman–Crippen MR) is 109 cm³/mol. The summed E-state index contributed by atoms with van der Waals surface area (Å²) in [7, 11) is 0. The first-order chi connectivity index (χ1) is 13.0. The minimum atomic E-state index is 0.0354. The van der Waals surface area contributed by atoms with E-state index in [1.165, 1.54) is 0 Å². The molecule has 132 valence electrons. The zero-order valence-electron chi connectivity index (χ0n) is 14.5. The molecular formula is C21H18N6. The van der Waals surface area contributed by atoms with Gasteiger partial charge in [-0.15, -0.1) is 0 Å². The van der Waals surface area contributed by atoms with E-state index >= 15 is 0 Å². The maximum Gasteiger partial charge on any atom is 0.138 e. The van der Waals surface area contributed by atoms with E-state index in [0.717, 1.165) is 33.5 Å². The largest absolute Gasteiger partial charge is 0.384 e. The number of aromatic amines is 1. The van der Waals surface area contributed by atoms with Crippen molar-refractivity contribution in [1.82, 2.24) is 9.97 Å².